The van der Waals surface area contributed by atoms with Gasteiger partial charge in [0.15, 0.2) is 0 Å². The molecule has 0 saturated carbocycles. The van der Waals surface area contributed by atoms with E-state index in [1.165, 1.54) is 0 Å². The zero-order valence-corrected chi connectivity index (χ0v) is 13.1. The van der Waals surface area contributed by atoms with Crippen LogP contribution in [0.2, 0.25) is 5.02 Å². The second-order valence-corrected chi connectivity index (χ2v) is 6.19. The molecule has 98 valence electrons. The largest absolute Gasteiger partial charge is 0.334 e. The molecule has 0 bridgehead atoms. The van der Waals surface area contributed by atoms with Gasteiger partial charge in [-0.25, -0.2) is 0 Å². The lowest BCUT2D eigenvalue weighted by Gasteiger charge is -2.25. The van der Waals surface area contributed by atoms with E-state index in [9.17, 15) is 4.79 Å². The number of likely N-dealkylation sites (tertiary alicyclic amines) is 1. The average Bonchev–Trinajstić information content (AvgIpc) is 2.73. The highest BCUT2D eigenvalue weighted by atomic mass is 79.9. The van der Waals surface area contributed by atoms with Crippen molar-refractivity contribution in [3.8, 4) is 0 Å². The molecule has 2 atom stereocenters. The van der Waals surface area contributed by atoms with Crippen molar-refractivity contribution in [1.82, 2.24) is 4.90 Å². The maximum absolute atomic E-state index is 12.4. The molecule has 0 aromatic heterocycles. The van der Waals surface area contributed by atoms with Gasteiger partial charge in [0.1, 0.15) is 0 Å². The first-order valence-electron chi connectivity index (χ1n) is 5.86. The Morgan fingerprint density at radius 2 is 2.28 bits per heavy atom. The van der Waals surface area contributed by atoms with Gasteiger partial charge in [-0.05, 0) is 46.5 Å². The molecule has 1 amide bonds. The third-order valence-electron chi connectivity index (χ3n) is 3.47. The summed E-state index contributed by atoms with van der Waals surface area (Å²) in [5.74, 6) is 0.953. The lowest BCUT2D eigenvalue weighted by molar-refractivity contribution is 0.0737. The predicted octanol–water partition coefficient (Wildman–Crippen LogP) is 4.19. The Labute approximate surface area is 125 Å². The van der Waals surface area contributed by atoms with E-state index in [2.05, 4.69) is 22.9 Å². The number of halogens is 3. The Bertz CT molecular complexity index is 466. The molecule has 2 unspecified atom stereocenters. The number of nitrogens with zero attached hydrogens (tertiary/aromatic N) is 1. The maximum Gasteiger partial charge on any atom is 0.254 e. The fraction of sp³-hybridized carbons (Fsp3) is 0.462. The van der Waals surface area contributed by atoms with E-state index in [-0.39, 0.29) is 11.9 Å². The van der Waals surface area contributed by atoms with Crippen molar-refractivity contribution in [2.45, 2.75) is 19.4 Å². The molecule has 1 aromatic carbocycles. The van der Waals surface area contributed by atoms with Crippen LogP contribution in [0.25, 0.3) is 0 Å². The lowest BCUT2D eigenvalue weighted by Crippen LogP contribution is -2.38. The molecular weight excluding hydrogens is 337 g/mol. The quantitative estimate of drug-likeness (QED) is 0.732. The summed E-state index contributed by atoms with van der Waals surface area (Å²) in [6.07, 6.45) is 1.01. The first kappa shape index (κ1) is 14.2. The lowest BCUT2D eigenvalue weighted by atomic mass is 10.0. The average molecular weight is 351 g/mol. The molecule has 0 aliphatic carbocycles. The molecule has 1 saturated heterocycles. The van der Waals surface area contributed by atoms with Crippen LogP contribution in [0.3, 0.4) is 0 Å². The van der Waals surface area contributed by atoms with Crippen LogP contribution in [0, 0.1) is 5.92 Å². The van der Waals surface area contributed by atoms with Crippen LogP contribution >= 0.6 is 39.1 Å². The minimum absolute atomic E-state index is 0.0133. The highest BCUT2D eigenvalue weighted by molar-refractivity contribution is 9.10. The molecule has 1 aromatic rings. The number of carbonyl (C=O) groups excluding carboxylic acids is 1. The monoisotopic (exact) mass is 349 g/mol. The predicted molar refractivity (Wildman–Crippen MR) is 78.5 cm³/mol. The van der Waals surface area contributed by atoms with E-state index in [1.807, 2.05) is 4.90 Å². The normalized spacial score (nSPS) is 23.4. The molecule has 1 heterocycles. The number of benzene rings is 1. The molecule has 0 spiro atoms. The van der Waals surface area contributed by atoms with Gasteiger partial charge in [-0.15, -0.1) is 11.6 Å². The Morgan fingerprint density at radius 3 is 2.89 bits per heavy atom. The second-order valence-electron chi connectivity index (χ2n) is 4.62. The van der Waals surface area contributed by atoms with E-state index < -0.39 is 0 Å². The van der Waals surface area contributed by atoms with Gasteiger partial charge >= 0.3 is 0 Å². The molecule has 1 aliphatic heterocycles. The SMILES string of the molecule is CC1CCN(C(=O)c2ccc(Br)c(Cl)c2)C1CCl. The van der Waals surface area contributed by atoms with Crippen molar-refractivity contribution in [3.63, 3.8) is 0 Å². The zero-order valence-electron chi connectivity index (χ0n) is 10.00. The summed E-state index contributed by atoms with van der Waals surface area (Å²) in [5, 5.41) is 0.551. The smallest absolute Gasteiger partial charge is 0.254 e. The van der Waals surface area contributed by atoms with Gasteiger partial charge in [0, 0.05) is 28.5 Å². The number of alkyl halides is 1. The van der Waals surface area contributed by atoms with Crippen LogP contribution in [0.5, 0.6) is 0 Å². The van der Waals surface area contributed by atoms with Crippen molar-refractivity contribution >= 4 is 45.0 Å². The second kappa shape index (κ2) is 5.81. The molecule has 2 rings (SSSR count). The summed E-state index contributed by atoms with van der Waals surface area (Å²) in [4.78, 5) is 14.3. The Balaban J connectivity index is 2.23. The third kappa shape index (κ3) is 2.68. The first-order chi connectivity index (χ1) is 8.54. The molecule has 1 fully saturated rings. The number of carbonyl (C=O) groups is 1. The van der Waals surface area contributed by atoms with Crippen LogP contribution in [-0.4, -0.2) is 29.3 Å². The van der Waals surface area contributed by atoms with Crippen LogP contribution < -0.4 is 0 Å². The standard InChI is InChI=1S/C13H14BrCl2NO/c1-8-4-5-17(12(8)7-15)13(18)9-2-3-10(14)11(16)6-9/h2-3,6,8,12H,4-5,7H2,1H3. The van der Waals surface area contributed by atoms with Crippen LogP contribution in [-0.2, 0) is 0 Å². The Morgan fingerprint density at radius 1 is 1.56 bits per heavy atom. The van der Waals surface area contributed by atoms with Crippen molar-refractivity contribution in [3.05, 3.63) is 33.3 Å². The van der Waals surface area contributed by atoms with E-state index >= 15 is 0 Å². The van der Waals surface area contributed by atoms with E-state index in [1.54, 1.807) is 18.2 Å². The van der Waals surface area contributed by atoms with Crippen LogP contribution in [0.15, 0.2) is 22.7 Å². The number of rotatable bonds is 2. The maximum atomic E-state index is 12.4. The van der Waals surface area contributed by atoms with Crippen molar-refractivity contribution in [2.24, 2.45) is 5.92 Å². The highest BCUT2D eigenvalue weighted by Gasteiger charge is 2.34. The van der Waals surface area contributed by atoms with E-state index in [4.69, 9.17) is 23.2 Å². The molecule has 1 aliphatic rings. The summed E-state index contributed by atoms with van der Waals surface area (Å²) in [7, 11) is 0. The molecular formula is C13H14BrCl2NO. The fourth-order valence-electron chi connectivity index (χ4n) is 2.29. The van der Waals surface area contributed by atoms with Gasteiger partial charge in [0.25, 0.3) is 5.91 Å². The third-order valence-corrected chi connectivity index (χ3v) is 5.02. The highest BCUT2D eigenvalue weighted by Crippen LogP contribution is 2.28. The summed E-state index contributed by atoms with van der Waals surface area (Å²) in [5.41, 5.74) is 0.618. The van der Waals surface area contributed by atoms with Crippen molar-refractivity contribution < 1.29 is 4.79 Å². The van der Waals surface area contributed by atoms with Gasteiger partial charge in [-0.2, -0.15) is 0 Å². The van der Waals surface area contributed by atoms with Gasteiger partial charge in [-0.1, -0.05) is 18.5 Å². The van der Waals surface area contributed by atoms with Gasteiger partial charge in [0.2, 0.25) is 0 Å². The minimum Gasteiger partial charge on any atom is -0.334 e. The van der Waals surface area contributed by atoms with Crippen molar-refractivity contribution in [2.75, 3.05) is 12.4 Å². The fourth-order valence-corrected chi connectivity index (χ4v) is 3.19. The Kier molecular flexibility index (Phi) is 4.57. The first-order valence-corrected chi connectivity index (χ1v) is 7.57. The topological polar surface area (TPSA) is 20.3 Å². The molecule has 5 heteroatoms. The van der Waals surface area contributed by atoms with Gasteiger partial charge < -0.3 is 4.90 Å². The molecule has 0 N–H and O–H groups in total. The van der Waals surface area contributed by atoms with Gasteiger partial charge in [-0.3, -0.25) is 4.79 Å². The number of hydrogen-bond acceptors (Lipinski definition) is 1. The van der Waals surface area contributed by atoms with Crippen LogP contribution in [0.4, 0.5) is 0 Å². The number of amides is 1. The summed E-state index contributed by atoms with van der Waals surface area (Å²) in [6, 6.07) is 5.40. The van der Waals surface area contributed by atoms with E-state index in [0.29, 0.717) is 22.4 Å². The van der Waals surface area contributed by atoms with Gasteiger partial charge in [0.05, 0.1) is 5.02 Å². The summed E-state index contributed by atoms with van der Waals surface area (Å²) < 4.78 is 0.796. The zero-order chi connectivity index (χ0) is 13.3. The van der Waals surface area contributed by atoms with E-state index in [0.717, 1.165) is 17.4 Å². The minimum atomic E-state index is 0.0133. The number of hydrogen-bond donors (Lipinski definition) is 0. The molecule has 0 radical (unpaired) electrons. The summed E-state index contributed by atoms with van der Waals surface area (Å²) >= 11 is 15.3. The van der Waals surface area contributed by atoms with Crippen molar-refractivity contribution in [1.29, 1.82) is 0 Å². The van der Waals surface area contributed by atoms with Crippen LogP contribution in [0.1, 0.15) is 23.7 Å². The summed E-state index contributed by atoms with van der Waals surface area (Å²) in [6.45, 7) is 2.90. The molecule has 18 heavy (non-hydrogen) atoms. The molecule has 2 nitrogen and oxygen atoms in total. The Hall–Kier alpha value is -0.250.